The Hall–Kier alpha value is -0.426. The SMILES string of the molecule is CC(C)[O-].CC(C)[O-].CCC(C)C1(C(C)CC)CCCC(NC=O)C1.[NH-]C=O.[Ti+3]. The molecule has 0 aromatic rings. The van der Waals surface area contributed by atoms with Crippen LogP contribution in [-0.4, -0.2) is 31.1 Å². The van der Waals surface area contributed by atoms with Gasteiger partial charge in [-0.25, -0.2) is 0 Å². The molecule has 29 heavy (non-hydrogen) atoms. The van der Waals surface area contributed by atoms with Gasteiger partial charge in [-0.1, -0.05) is 74.7 Å². The molecule has 1 rings (SSSR count). The minimum atomic E-state index is -0.417. The van der Waals surface area contributed by atoms with E-state index in [0.29, 0.717) is 11.5 Å². The monoisotopic (exact) mass is 449 g/mol. The molecule has 1 aliphatic rings. The summed E-state index contributed by atoms with van der Waals surface area (Å²) in [6, 6.07) is 0.407. The zero-order valence-electron chi connectivity index (χ0n) is 19.9. The maximum Gasteiger partial charge on any atom is 3.00 e. The van der Waals surface area contributed by atoms with Gasteiger partial charge in [-0.05, 0) is 36.5 Å². The molecule has 2 N–H and O–H groups in total. The van der Waals surface area contributed by atoms with Crippen molar-refractivity contribution in [2.75, 3.05) is 0 Å². The van der Waals surface area contributed by atoms with Crippen LogP contribution in [0.5, 0.6) is 0 Å². The molecule has 1 fully saturated rings. The van der Waals surface area contributed by atoms with Crippen LogP contribution < -0.4 is 15.5 Å². The van der Waals surface area contributed by atoms with Crippen molar-refractivity contribution in [2.45, 2.75) is 112 Å². The van der Waals surface area contributed by atoms with E-state index in [9.17, 15) is 15.0 Å². The first-order chi connectivity index (χ1) is 13.0. The molecule has 6 nitrogen and oxygen atoms in total. The molecule has 0 saturated heterocycles. The zero-order valence-corrected chi connectivity index (χ0v) is 21.5. The Labute approximate surface area is 194 Å². The second-order valence-corrected chi connectivity index (χ2v) is 8.14. The Bertz CT molecular complexity index is 347. The fraction of sp³-hybridized carbons (Fsp3) is 0.909. The Kier molecular flexibility index (Phi) is 27.6. The quantitative estimate of drug-likeness (QED) is 0.494. The summed E-state index contributed by atoms with van der Waals surface area (Å²) in [5.41, 5.74) is 5.97. The molecular formula is C22H45N2O4Ti. The average Bonchev–Trinajstić information content (AvgIpc) is 2.60. The van der Waals surface area contributed by atoms with E-state index in [-0.39, 0.29) is 28.1 Å². The summed E-state index contributed by atoms with van der Waals surface area (Å²) in [6.07, 6.45) is 7.49. The molecule has 171 valence electrons. The molecule has 0 aromatic heterocycles. The number of hydrogen-bond donors (Lipinski definition) is 1. The van der Waals surface area contributed by atoms with Crippen LogP contribution in [0.2, 0.25) is 0 Å². The summed E-state index contributed by atoms with van der Waals surface area (Å²) in [6.45, 7) is 15.8. The third-order valence-corrected chi connectivity index (χ3v) is 5.31. The van der Waals surface area contributed by atoms with Crippen molar-refractivity contribution in [1.29, 1.82) is 0 Å². The second kappa shape index (κ2) is 22.3. The maximum absolute atomic E-state index is 10.7. The number of carbonyl (C=O) groups is 2. The van der Waals surface area contributed by atoms with Gasteiger partial charge < -0.3 is 26.1 Å². The fourth-order valence-electron chi connectivity index (χ4n) is 3.77. The van der Waals surface area contributed by atoms with Crippen molar-refractivity contribution in [3.8, 4) is 0 Å². The van der Waals surface area contributed by atoms with Crippen molar-refractivity contribution in [2.24, 2.45) is 17.3 Å². The first kappa shape index (κ1) is 36.0. The molecule has 0 aliphatic heterocycles. The number of hydrogen-bond acceptors (Lipinski definition) is 4. The fourth-order valence-corrected chi connectivity index (χ4v) is 3.77. The largest absolute Gasteiger partial charge is 3.00 e. The molecule has 0 bridgehead atoms. The van der Waals surface area contributed by atoms with Gasteiger partial charge in [0.2, 0.25) is 6.41 Å². The van der Waals surface area contributed by atoms with Crippen molar-refractivity contribution < 1.29 is 41.5 Å². The maximum atomic E-state index is 10.7. The molecule has 0 spiro atoms. The summed E-state index contributed by atoms with van der Waals surface area (Å²) in [4.78, 5) is 19.1. The van der Waals surface area contributed by atoms with Gasteiger partial charge in [0.25, 0.3) is 0 Å². The van der Waals surface area contributed by atoms with Crippen LogP contribution in [0.15, 0.2) is 0 Å². The third kappa shape index (κ3) is 19.3. The van der Waals surface area contributed by atoms with Gasteiger partial charge >= 0.3 is 21.7 Å². The number of rotatable bonds is 6. The van der Waals surface area contributed by atoms with Gasteiger partial charge in [0.1, 0.15) is 0 Å². The molecule has 7 heteroatoms. The molecule has 0 aromatic carbocycles. The Morgan fingerprint density at radius 1 is 1.00 bits per heavy atom. The summed E-state index contributed by atoms with van der Waals surface area (Å²) in [5.74, 6) is 1.52. The van der Waals surface area contributed by atoms with E-state index in [1.807, 2.05) is 0 Å². The summed E-state index contributed by atoms with van der Waals surface area (Å²) in [7, 11) is 0. The van der Waals surface area contributed by atoms with Crippen molar-refractivity contribution in [3.05, 3.63) is 5.73 Å². The van der Waals surface area contributed by atoms with Crippen molar-refractivity contribution in [1.82, 2.24) is 5.32 Å². The number of carbonyl (C=O) groups excluding carboxylic acids is 2. The first-order valence-corrected chi connectivity index (χ1v) is 10.6. The summed E-state index contributed by atoms with van der Waals surface area (Å²) in [5, 5.41) is 22.1. The van der Waals surface area contributed by atoms with Gasteiger partial charge in [-0.3, -0.25) is 4.79 Å². The van der Waals surface area contributed by atoms with Crippen LogP contribution in [0, 0.1) is 17.3 Å². The molecule has 3 atom stereocenters. The van der Waals surface area contributed by atoms with Crippen LogP contribution >= 0.6 is 0 Å². The molecule has 1 radical (unpaired) electrons. The molecule has 0 heterocycles. The van der Waals surface area contributed by atoms with Gasteiger partial charge in [-0.15, -0.1) is 12.2 Å². The molecule has 2 amide bonds. The normalized spacial score (nSPS) is 22.1. The first-order valence-electron chi connectivity index (χ1n) is 10.6. The summed E-state index contributed by atoms with van der Waals surface area (Å²) < 4.78 is 0. The van der Waals surface area contributed by atoms with E-state index in [1.54, 1.807) is 27.7 Å². The molecule has 1 aliphatic carbocycles. The van der Waals surface area contributed by atoms with E-state index >= 15 is 0 Å². The van der Waals surface area contributed by atoms with Gasteiger partial charge in [0.15, 0.2) is 0 Å². The van der Waals surface area contributed by atoms with Crippen LogP contribution in [0.1, 0.15) is 93.9 Å². The van der Waals surface area contributed by atoms with Gasteiger partial charge in [0, 0.05) is 12.5 Å². The average molecular weight is 449 g/mol. The zero-order chi connectivity index (χ0) is 22.8. The minimum Gasteiger partial charge on any atom is -0.852 e. The predicted octanol–water partition coefficient (Wildman–Crippen LogP) is 3.46. The van der Waals surface area contributed by atoms with Crippen LogP contribution in [0.25, 0.3) is 5.73 Å². The van der Waals surface area contributed by atoms with E-state index in [0.717, 1.165) is 24.7 Å². The number of nitrogens with one attached hydrogen (secondary N) is 2. The van der Waals surface area contributed by atoms with E-state index in [4.69, 9.17) is 10.5 Å². The van der Waals surface area contributed by atoms with E-state index in [1.165, 1.54) is 32.1 Å². The number of amides is 2. The van der Waals surface area contributed by atoms with Gasteiger partial charge in [-0.2, -0.15) is 0 Å². The summed E-state index contributed by atoms with van der Waals surface area (Å²) >= 11 is 0. The van der Waals surface area contributed by atoms with Gasteiger partial charge in [0.05, 0.1) is 0 Å². The van der Waals surface area contributed by atoms with E-state index < -0.39 is 12.2 Å². The molecular weight excluding hydrogens is 404 g/mol. The topological polar surface area (TPSA) is 116 Å². The standard InChI is InChI=1S/C15H29NO.2C3H7O.CH3NO.Ti/c1-5-12(3)15(13(4)6-2)9-7-8-14(10-15)16-11-17;2*1-3(2)4;2-1-3;/h11-14H,5-10H2,1-4H3,(H,16,17);2*3H,1-2H3;1H,(H2,2,3);/q;2*-1;;+3/p-1. The third-order valence-electron chi connectivity index (χ3n) is 5.31. The van der Waals surface area contributed by atoms with Crippen molar-refractivity contribution in [3.63, 3.8) is 0 Å². The smallest absolute Gasteiger partial charge is 0.852 e. The van der Waals surface area contributed by atoms with Crippen molar-refractivity contribution >= 4 is 12.8 Å². The second-order valence-electron chi connectivity index (χ2n) is 8.14. The molecule has 1 saturated carbocycles. The molecule has 3 unspecified atom stereocenters. The Morgan fingerprint density at radius 2 is 1.34 bits per heavy atom. The van der Waals surface area contributed by atoms with Crippen LogP contribution in [0.4, 0.5) is 0 Å². The minimum absolute atomic E-state index is 0. The van der Waals surface area contributed by atoms with Crippen LogP contribution in [0.3, 0.4) is 0 Å². The Balaban J connectivity index is -0.000000217. The Morgan fingerprint density at radius 3 is 1.62 bits per heavy atom. The predicted molar refractivity (Wildman–Crippen MR) is 113 cm³/mol. The van der Waals surface area contributed by atoms with Crippen LogP contribution in [-0.2, 0) is 31.3 Å². The van der Waals surface area contributed by atoms with E-state index in [2.05, 4.69) is 33.0 Å².